The summed E-state index contributed by atoms with van der Waals surface area (Å²) in [4.78, 5) is 12.1. The fourth-order valence-corrected chi connectivity index (χ4v) is 2.55. The maximum absolute atomic E-state index is 12.1. The third-order valence-corrected chi connectivity index (χ3v) is 3.70. The van der Waals surface area contributed by atoms with Crippen molar-refractivity contribution >= 4 is 23.2 Å². The Morgan fingerprint density at radius 1 is 1.29 bits per heavy atom. The number of fused-ring (bicyclic) bond motifs is 1. The van der Waals surface area contributed by atoms with Crippen molar-refractivity contribution in [2.24, 2.45) is 0 Å². The summed E-state index contributed by atoms with van der Waals surface area (Å²) >= 11 is 5.83. The van der Waals surface area contributed by atoms with Gasteiger partial charge in [0, 0.05) is 23.7 Å². The summed E-state index contributed by atoms with van der Waals surface area (Å²) in [6.07, 6.45) is 0.918. The Morgan fingerprint density at radius 2 is 2.14 bits per heavy atom. The maximum atomic E-state index is 12.1. The van der Waals surface area contributed by atoms with Gasteiger partial charge >= 0.3 is 0 Å². The van der Waals surface area contributed by atoms with Gasteiger partial charge in [-0.1, -0.05) is 23.7 Å². The highest BCUT2D eigenvalue weighted by Crippen LogP contribution is 2.26. The van der Waals surface area contributed by atoms with Gasteiger partial charge in [0.05, 0.1) is 12.2 Å². The van der Waals surface area contributed by atoms with Crippen LogP contribution in [0.3, 0.4) is 0 Å². The Balaban J connectivity index is 1.68. The molecule has 0 saturated carbocycles. The van der Waals surface area contributed by atoms with Crippen molar-refractivity contribution in [2.45, 2.75) is 13.0 Å². The second-order valence-corrected chi connectivity index (χ2v) is 5.39. The first-order valence-corrected chi connectivity index (χ1v) is 7.09. The summed E-state index contributed by atoms with van der Waals surface area (Å²) in [5, 5.41) is 3.38. The van der Waals surface area contributed by atoms with Gasteiger partial charge in [-0.3, -0.25) is 4.79 Å². The molecular weight excluding hydrogens is 288 g/mol. The lowest BCUT2D eigenvalue weighted by Gasteiger charge is -2.09. The molecule has 3 rings (SSSR count). The van der Waals surface area contributed by atoms with E-state index in [4.69, 9.17) is 22.1 Å². The number of carbonyl (C=O) groups excluding carboxylic acids is 1. The van der Waals surface area contributed by atoms with E-state index >= 15 is 0 Å². The fraction of sp³-hybridized carbons (Fsp3) is 0.188. The van der Waals surface area contributed by atoms with Gasteiger partial charge in [-0.2, -0.15) is 0 Å². The van der Waals surface area contributed by atoms with Gasteiger partial charge in [0.2, 0.25) is 0 Å². The van der Waals surface area contributed by atoms with Crippen LogP contribution in [0.5, 0.6) is 5.75 Å². The van der Waals surface area contributed by atoms with E-state index in [1.54, 1.807) is 18.2 Å². The zero-order valence-corrected chi connectivity index (χ0v) is 12.1. The Bertz CT molecular complexity index is 701. The van der Waals surface area contributed by atoms with Crippen LogP contribution in [0.1, 0.15) is 21.5 Å². The molecule has 0 bridgehead atoms. The zero-order valence-electron chi connectivity index (χ0n) is 11.4. The molecule has 0 saturated heterocycles. The third-order valence-electron chi connectivity index (χ3n) is 3.47. The Kier molecular flexibility index (Phi) is 3.71. The molecule has 1 amide bonds. The third kappa shape index (κ3) is 2.95. The van der Waals surface area contributed by atoms with Crippen molar-refractivity contribution in [1.82, 2.24) is 5.32 Å². The maximum Gasteiger partial charge on any atom is 0.253 e. The number of hydrogen-bond acceptors (Lipinski definition) is 3. The van der Waals surface area contributed by atoms with E-state index in [-0.39, 0.29) is 5.91 Å². The lowest BCUT2D eigenvalue weighted by molar-refractivity contribution is 0.0952. The van der Waals surface area contributed by atoms with Crippen molar-refractivity contribution in [3.63, 3.8) is 0 Å². The molecule has 1 aliphatic rings. The summed E-state index contributed by atoms with van der Waals surface area (Å²) in [6, 6.07) is 10.8. The van der Waals surface area contributed by atoms with E-state index in [1.165, 1.54) is 5.56 Å². The van der Waals surface area contributed by atoms with Crippen molar-refractivity contribution in [2.75, 3.05) is 12.3 Å². The number of amides is 1. The van der Waals surface area contributed by atoms with Crippen molar-refractivity contribution < 1.29 is 9.53 Å². The van der Waals surface area contributed by atoms with E-state index in [2.05, 4.69) is 11.4 Å². The molecule has 5 heteroatoms. The smallest absolute Gasteiger partial charge is 0.253 e. The number of nitrogen functional groups attached to an aromatic ring is 1. The van der Waals surface area contributed by atoms with E-state index in [9.17, 15) is 4.79 Å². The lowest BCUT2D eigenvalue weighted by Crippen LogP contribution is -2.23. The van der Waals surface area contributed by atoms with E-state index in [0.29, 0.717) is 22.8 Å². The molecule has 2 aromatic rings. The number of anilines is 1. The first kappa shape index (κ1) is 13.8. The molecule has 2 aromatic carbocycles. The molecule has 0 fully saturated rings. The van der Waals surface area contributed by atoms with Gasteiger partial charge in [-0.05, 0) is 35.4 Å². The van der Waals surface area contributed by atoms with Crippen LogP contribution >= 0.6 is 11.6 Å². The average Bonchev–Trinajstić information content (AvgIpc) is 2.92. The topological polar surface area (TPSA) is 64.4 Å². The number of nitrogens with one attached hydrogen (secondary N) is 1. The van der Waals surface area contributed by atoms with Gasteiger partial charge in [-0.15, -0.1) is 0 Å². The molecule has 0 aromatic heterocycles. The van der Waals surface area contributed by atoms with Gasteiger partial charge in [0.15, 0.2) is 0 Å². The molecule has 3 N–H and O–H groups in total. The second-order valence-electron chi connectivity index (χ2n) is 4.95. The van der Waals surface area contributed by atoms with Crippen LogP contribution in [0.4, 0.5) is 5.69 Å². The van der Waals surface area contributed by atoms with E-state index in [1.807, 2.05) is 12.1 Å². The monoisotopic (exact) mass is 302 g/mol. The molecule has 108 valence electrons. The Hall–Kier alpha value is -2.20. The first-order valence-electron chi connectivity index (χ1n) is 6.71. The molecule has 21 heavy (non-hydrogen) atoms. The minimum Gasteiger partial charge on any atom is -0.493 e. The number of rotatable bonds is 3. The highest BCUT2D eigenvalue weighted by molar-refractivity contribution is 6.31. The van der Waals surface area contributed by atoms with Crippen molar-refractivity contribution in [3.8, 4) is 5.75 Å². The van der Waals surface area contributed by atoms with Gasteiger partial charge in [0.25, 0.3) is 5.91 Å². The fourth-order valence-electron chi connectivity index (χ4n) is 2.37. The number of benzene rings is 2. The number of carbonyl (C=O) groups is 1. The summed E-state index contributed by atoms with van der Waals surface area (Å²) < 4.78 is 5.46. The van der Waals surface area contributed by atoms with Crippen LogP contribution < -0.4 is 15.8 Å². The second kappa shape index (κ2) is 5.66. The van der Waals surface area contributed by atoms with E-state index in [0.717, 1.165) is 24.3 Å². The molecular formula is C16H15ClN2O2. The minimum atomic E-state index is -0.207. The lowest BCUT2D eigenvalue weighted by atomic mass is 10.1. The predicted molar refractivity (Wildman–Crippen MR) is 82.7 cm³/mol. The average molecular weight is 303 g/mol. The predicted octanol–water partition coefficient (Wildman–Crippen LogP) is 2.79. The quantitative estimate of drug-likeness (QED) is 0.857. The van der Waals surface area contributed by atoms with Crippen LogP contribution in [0.2, 0.25) is 5.02 Å². The van der Waals surface area contributed by atoms with Crippen LogP contribution in [-0.4, -0.2) is 12.5 Å². The van der Waals surface area contributed by atoms with Crippen molar-refractivity contribution in [1.29, 1.82) is 0 Å². The summed E-state index contributed by atoms with van der Waals surface area (Å²) in [7, 11) is 0. The zero-order chi connectivity index (χ0) is 14.8. The van der Waals surface area contributed by atoms with Crippen LogP contribution in [-0.2, 0) is 13.0 Å². The molecule has 4 nitrogen and oxygen atoms in total. The van der Waals surface area contributed by atoms with Crippen LogP contribution in [0.15, 0.2) is 36.4 Å². The Labute approximate surface area is 127 Å². The molecule has 0 spiro atoms. The highest BCUT2D eigenvalue weighted by atomic mass is 35.5. The molecule has 1 aliphatic heterocycles. The summed E-state index contributed by atoms with van der Waals surface area (Å²) in [5.74, 6) is 0.730. The summed E-state index contributed by atoms with van der Waals surface area (Å²) in [5.41, 5.74) is 8.84. The largest absolute Gasteiger partial charge is 0.493 e. The molecule has 0 unspecified atom stereocenters. The van der Waals surface area contributed by atoms with Gasteiger partial charge in [-0.25, -0.2) is 0 Å². The number of halogens is 1. The number of nitrogens with two attached hydrogens (primary N) is 1. The molecule has 0 radical (unpaired) electrons. The SMILES string of the molecule is Nc1cc(Cl)ccc1C(=O)NCc1ccc2c(c1)CCO2. The molecule has 0 atom stereocenters. The normalized spacial score (nSPS) is 12.6. The standard InChI is InChI=1S/C16H15ClN2O2/c17-12-2-3-13(14(18)8-12)16(20)19-9-10-1-4-15-11(7-10)5-6-21-15/h1-4,7-8H,5-6,9,18H2,(H,19,20). The van der Waals surface area contributed by atoms with Gasteiger partial charge in [0.1, 0.15) is 5.75 Å². The highest BCUT2D eigenvalue weighted by Gasteiger charge is 2.13. The minimum absolute atomic E-state index is 0.207. The molecule has 1 heterocycles. The Morgan fingerprint density at radius 3 is 2.95 bits per heavy atom. The molecule has 0 aliphatic carbocycles. The number of ether oxygens (including phenoxy) is 1. The first-order chi connectivity index (χ1) is 10.1. The van der Waals surface area contributed by atoms with Crippen LogP contribution in [0, 0.1) is 0 Å². The summed E-state index contributed by atoms with van der Waals surface area (Å²) in [6.45, 7) is 1.18. The van der Waals surface area contributed by atoms with E-state index < -0.39 is 0 Å². The van der Waals surface area contributed by atoms with Crippen LogP contribution in [0.25, 0.3) is 0 Å². The van der Waals surface area contributed by atoms with Gasteiger partial charge < -0.3 is 15.8 Å². The number of hydrogen-bond donors (Lipinski definition) is 2. The van der Waals surface area contributed by atoms with Crippen molar-refractivity contribution in [3.05, 3.63) is 58.1 Å².